The van der Waals surface area contributed by atoms with Crippen molar-refractivity contribution in [1.82, 2.24) is 5.32 Å². The van der Waals surface area contributed by atoms with E-state index in [-0.39, 0.29) is 11.9 Å². The SMILES string of the molecule is CCOCCCNCC(C)Oc1ccccc1F. The Bertz CT molecular complexity index is 333. The van der Waals surface area contributed by atoms with Crippen molar-refractivity contribution < 1.29 is 13.9 Å². The summed E-state index contributed by atoms with van der Waals surface area (Å²) < 4.78 is 24.1. The standard InChI is InChI=1S/C14H22FNO2/c1-3-17-10-6-9-16-11-12(2)18-14-8-5-4-7-13(14)15/h4-5,7-8,12,16H,3,6,9-11H2,1-2H3. The van der Waals surface area contributed by atoms with Crippen LogP contribution >= 0.6 is 0 Å². The van der Waals surface area contributed by atoms with Gasteiger partial charge in [0, 0.05) is 19.8 Å². The Morgan fingerprint density at radius 3 is 2.83 bits per heavy atom. The summed E-state index contributed by atoms with van der Waals surface area (Å²) in [6, 6.07) is 6.46. The Balaban J connectivity index is 2.14. The third-order valence-electron chi connectivity index (χ3n) is 2.44. The molecule has 102 valence electrons. The Hall–Kier alpha value is -1.13. The van der Waals surface area contributed by atoms with Crippen molar-refractivity contribution in [1.29, 1.82) is 0 Å². The first-order valence-electron chi connectivity index (χ1n) is 6.43. The van der Waals surface area contributed by atoms with Crippen LogP contribution in [0.3, 0.4) is 0 Å². The highest BCUT2D eigenvalue weighted by molar-refractivity contribution is 5.23. The summed E-state index contributed by atoms with van der Waals surface area (Å²) in [5.41, 5.74) is 0. The zero-order valence-corrected chi connectivity index (χ0v) is 11.1. The summed E-state index contributed by atoms with van der Waals surface area (Å²) >= 11 is 0. The van der Waals surface area contributed by atoms with E-state index < -0.39 is 0 Å². The Morgan fingerprint density at radius 1 is 1.33 bits per heavy atom. The van der Waals surface area contributed by atoms with Gasteiger partial charge in [0.15, 0.2) is 11.6 Å². The maximum atomic E-state index is 13.3. The number of benzene rings is 1. The zero-order valence-electron chi connectivity index (χ0n) is 11.1. The molecular formula is C14H22FNO2. The highest BCUT2D eigenvalue weighted by Crippen LogP contribution is 2.16. The van der Waals surface area contributed by atoms with E-state index >= 15 is 0 Å². The molecule has 0 aliphatic carbocycles. The van der Waals surface area contributed by atoms with Gasteiger partial charge in [-0.15, -0.1) is 0 Å². The fourth-order valence-electron chi connectivity index (χ4n) is 1.55. The van der Waals surface area contributed by atoms with Gasteiger partial charge in [0.05, 0.1) is 0 Å². The van der Waals surface area contributed by atoms with E-state index in [4.69, 9.17) is 9.47 Å². The lowest BCUT2D eigenvalue weighted by Gasteiger charge is -2.15. The quantitative estimate of drug-likeness (QED) is 0.688. The number of nitrogens with one attached hydrogen (secondary N) is 1. The highest BCUT2D eigenvalue weighted by atomic mass is 19.1. The summed E-state index contributed by atoms with van der Waals surface area (Å²) in [6.45, 7) is 7.00. The molecule has 0 spiro atoms. The normalized spacial score (nSPS) is 12.4. The maximum Gasteiger partial charge on any atom is 0.165 e. The van der Waals surface area contributed by atoms with Crippen LogP contribution in [0.5, 0.6) is 5.75 Å². The van der Waals surface area contributed by atoms with E-state index in [9.17, 15) is 4.39 Å². The molecule has 1 atom stereocenters. The summed E-state index contributed by atoms with van der Waals surface area (Å²) in [5, 5.41) is 3.26. The molecule has 4 heteroatoms. The number of ether oxygens (including phenoxy) is 2. The van der Waals surface area contributed by atoms with Gasteiger partial charge in [0.2, 0.25) is 0 Å². The molecule has 0 saturated carbocycles. The van der Waals surface area contributed by atoms with Crippen molar-refractivity contribution in [2.45, 2.75) is 26.4 Å². The van der Waals surface area contributed by atoms with Crippen LogP contribution in [0.25, 0.3) is 0 Å². The van der Waals surface area contributed by atoms with Crippen LogP contribution in [0, 0.1) is 5.82 Å². The van der Waals surface area contributed by atoms with Crippen LogP contribution in [-0.4, -0.2) is 32.4 Å². The van der Waals surface area contributed by atoms with Crippen LogP contribution in [-0.2, 0) is 4.74 Å². The molecule has 0 aromatic heterocycles. The molecule has 0 aliphatic heterocycles. The smallest absolute Gasteiger partial charge is 0.165 e. The highest BCUT2D eigenvalue weighted by Gasteiger charge is 2.06. The molecule has 0 heterocycles. The molecule has 1 N–H and O–H groups in total. The van der Waals surface area contributed by atoms with Crippen molar-refractivity contribution in [2.75, 3.05) is 26.3 Å². The fourth-order valence-corrected chi connectivity index (χ4v) is 1.55. The van der Waals surface area contributed by atoms with Crippen molar-refractivity contribution in [2.24, 2.45) is 0 Å². The largest absolute Gasteiger partial charge is 0.486 e. The predicted molar refractivity (Wildman–Crippen MR) is 70.5 cm³/mol. The number of halogens is 1. The van der Waals surface area contributed by atoms with Gasteiger partial charge in [-0.05, 0) is 38.9 Å². The maximum absolute atomic E-state index is 13.3. The molecule has 18 heavy (non-hydrogen) atoms. The van der Waals surface area contributed by atoms with Crippen LogP contribution in [0.4, 0.5) is 4.39 Å². The molecular weight excluding hydrogens is 233 g/mol. The minimum atomic E-state index is -0.319. The topological polar surface area (TPSA) is 30.5 Å². The Kier molecular flexibility index (Phi) is 7.37. The van der Waals surface area contributed by atoms with E-state index in [2.05, 4.69) is 5.32 Å². The first-order chi connectivity index (χ1) is 8.74. The van der Waals surface area contributed by atoms with Gasteiger partial charge in [-0.1, -0.05) is 12.1 Å². The molecule has 0 saturated heterocycles. The molecule has 0 fully saturated rings. The van der Waals surface area contributed by atoms with Crippen molar-refractivity contribution in [3.63, 3.8) is 0 Å². The molecule has 0 radical (unpaired) electrons. The number of hydrogen-bond acceptors (Lipinski definition) is 3. The van der Waals surface area contributed by atoms with Gasteiger partial charge < -0.3 is 14.8 Å². The molecule has 1 unspecified atom stereocenters. The number of rotatable bonds is 9. The van der Waals surface area contributed by atoms with Gasteiger partial charge in [-0.2, -0.15) is 0 Å². The van der Waals surface area contributed by atoms with Crippen LogP contribution in [0.1, 0.15) is 20.3 Å². The lowest BCUT2D eigenvalue weighted by molar-refractivity contribution is 0.143. The molecule has 1 aromatic carbocycles. The number of para-hydroxylation sites is 1. The molecule has 3 nitrogen and oxygen atoms in total. The summed E-state index contributed by atoms with van der Waals surface area (Å²) in [5.74, 6) is -0.0122. The van der Waals surface area contributed by atoms with Gasteiger partial charge in [-0.25, -0.2) is 4.39 Å². The van der Waals surface area contributed by atoms with Gasteiger partial charge in [0.1, 0.15) is 6.10 Å². The minimum Gasteiger partial charge on any atom is -0.486 e. The molecule has 1 rings (SSSR count). The second-order valence-electron chi connectivity index (χ2n) is 4.11. The van der Waals surface area contributed by atoms with Crippen LogP contribution in [0.2, 0.25) is 0 Å². The van der Waals surface area contributed by atoms with Crippen molar-refractivity contribution >= 4 is 0 Å². The first kappa shape index (κ1) is 14.9. The van der Waals surface area contributed by atoms with E-state index in [1.807, 2.05) is 13.8 Å². The minimum absolute atomic E-state index is 0.0611. The summed E-state index contributed by atoms with van der Waals surface area (Å²) in [6.07, 6.45) is 0.911. The van der Waals surface area contributed by atoms with E-state index in [1.165, 1.54) is 6.07 Å². The van der Waals surface area contributed by atoms with E-state index in [1.54, 1.807) is 18.2 Å². The van der Waals surface area contributed by atoms with Crippen LogP contribution < -0.4 is 10.1 Å². The predicted octanol–water partition coefficient (Wildman–Crippen LogP) is 2.61. The van der Waals surface area contributed by atoms with E-state index in [0.29, 0.717) is 12.3 Å². The second-order valence-corrected chi connectivity index (χ2v) is 4.11. The Morgan fingerprint density at radius 2 is 2.11 bits per heavy atom. The fraction of sp³-hybridized carbons (Fsp3) is 0.571. The number of hydrogen-bond donors (Lipinski definition) is 1. The molecule has 0 aliphatic rings. The third kappa shape index (κ3) is 5.98. The van der Waals surface area contributed by atoms with Crippen LogP contribution in [0.15, 0.2) is 24.3 Å². The van der Waals surface area contributed by atoms with Gasteiger partial charge in [-0.3, -0.25) is 0 Å². The third-order valence-corrected chi connectivity index (χ3v) is 2.44. The average molecular weight is 255 g/mol. The lowest BCUT2D eigenvalue weighted by Crippen LogP contribution is -2.30. The molecule has 0 amide bonds. The van der Waals surface area contributed by atoms with Gasteiger partial charge in [0.25, 0.3) is 0 Å². The van der Waals surface area contributed by atoms with Crippen molar-refractivity contribution in [3.05, 3.63) is 30.1 Å². The van der Waals surface area contributed by atoms with E-state index in [0.717, 1.165) is 26.2 Å². The summed E-state index contributed by atoms with van der Waals surface area (Å²) in [7, 11) is 0. The van der Waals surface area contributed by atoms with Crippen molar-refractivity contribution in [3.8, 4) is 5.75 Å². The first-order valence-corrected chi connectivity index (χ1v) is 6.43. The monoisotopic (exact) mass is 255 g/mol. The molecule has 0 bridgehead atoms. The average Bonchev–Trinajstić information content (AvgIpc) is 2.36. The zero-order chi connectivity index (χ0) is 13.2. The second kappa shape index (κ2) is 8.89. The summed E-state index contributed by atoms with van der Waals surface area (Å²) in [4.78, 5) is 0. The van der Waals surface area contributed by atoms with Gasteiger partial charge >= 0.3 is 0 Å². The molecule has 1 aromatic rings. The Labute approximate surface area is 108 Å². The lowest BCUT2D eigenvalue weighted by atomic mass is 10.3.